The van der Waals surface area contributed by atoms with Crippen LogP contribution in [0.4, 0.5) is 0 Å². The summed E-state index contributed by atoms with van der Waals surface area (Å²) < 4.78 is 5.14. The fourth-order valence-electron chi connectivity index (χ4n) is 2.97. The maximum atomic E-state index is 11.1. The topological polar surface area (TPSA) is 70.9 Å². The molecule has 1 aromatic rings. The average molecular weight is 274 g/mol. The minimum absolute atomic E-state index is 0.155. The first-order valence-electron chi connectivity index (χ1n) is 6.89. The number of hydrogen-bond acceptors (Lipinski definition) is 4. The SMILES string of the molecule is COc1ccc(C2=NC3CCC(C(=O)O)CC3N2)cc1. The minimum atomic E-state index is -0.692. The molecule has 20 heavy (non-hydrogen) atoms. The third-order valence-corrected chi connectivity index (χ3v) is 4.14. The van der Waals surface area contributed by atoms with Gasteiger partial charge in [-0.1, -0.05) is 0 Å². The number of nitrogens with zero attached hydrogens (tertiary/aromatic N) is 1. The summed E-state index contributed by atoms with van der Waals surface area (Å²) in [5.74, 6) is 0.752. The van der Waals surface area contributed by atoms with Gasteiger partial charge in [0.15, 0.2) is 0 Å². The first-order chi connectivity index (χ1) is 9.67. The van der Waals surface area contributed by atoms with Crippen LogP contribution in [-0.4, -0.2) is 36.1 Å². The number of aliphatic carboxylic acids is 1. The van der Waals surface area contributed by atoms with Crippen LogP contribution in [0.5, 0.6) is 5.75 Å². The number of amidine groups is 1. The molecule has 1 aromatic carbocycles. The van der Waals surface area contributed by atoms with E-state index in [0.29, 0.717) is 6.42 Å². The molecule has 2 N–H and O–H groups in total. The second kappa shape index (κ2) is 5.15. The number of ether oxygens (including phenoxy) is 1. The summed E-state index contributed by atoms with van der Waals surface area (Å²) in [6, 6.07) is 8.11. The summed E-state index contributed by atoms with van der Waals surface area (Å²) in [5, 5.41) is 12.5. The third-order valence-electron chi connectivity index (χ3n) is 4.14. The largest absolute Gasteiger partial charge is 0.497 e. The van der Waals surface area contributed by atoms with Gasteiger partial charge in [0.1, 0.15) is 11.6 Å². The molecule has 0 saturated heterocycles. The Hall–Kier alpha value is -2.04. The molecule has 1 saturated carbocycles. The van der Waals surface area contributed by atoms with Crippen molar-refractivity contribution in [2.45, 2.75) is 31.3 Å². The lowest BCUT2D eigenvalue weighted by molar-refractivity contribution is -0.143. The predicted octanol–water partition coefficient (Wildman–Crippen LogP) is 1.67. The molecule has 1 aliphatic carbocycles. The van der Waals surface area contributed by atoms with Crippen molar-refractivity contribution in [1.29, 1.82) is 0 Å². The van der Waals surface area contributed by atoms with E-state index in [0.717, 1.165) is 30.0 Å². The highest BCUT2D eigenvalue weighted by atomic mass is 16.5. The van der Waals surface area contributed by atoms with E-state index in [9.17, 15) is 4.79 Å². The molecule has 5 nitrogen and oxygen atoms in total. The van der Waals surface area contributed by atoms with E-state index in [1.165, 1.54) is 0 Å². The fraction of sp³-hybridized carbons (Fsp3) is 0.467. The van der Waals surface area contributed by atoms with Gasteiger partial charge < -0.3 is 15.2 Å². The molecule has 0 aromatic heterocycles. The molecule has 2 aliphatic rings. The molecule has 0 spiro atoms. The van der Waals surface area contributed by atoms with Crippen LogP contribution in [-0.2, 0) is 4.79 Å². The van der Waals surface area contributed by atoms with E-state index in [1.807, 2.05) is 24.3 Å². The Balaban J connectivity index is 1.73. The Morgan fingerprint density at radius 3 is 2.75 bits per heavy atom. The van der Waals surface area contributed by atoms with Gasteiger partial charge in [0.05, 0.1) is 25.1 Å². The summed E-state index contributed by atoms with van der Waals surface area (Å²) in [7, 11) is 1.64. The predicted molar refractivity (Wildman–Crippen MR) is 75.2 cm³/mol. The molecule has 3 unspecified atom stereocenters. The van der Waals surface area contributed by atoms with Crippen LogP contribution in [0.25, 0.3) is 0 Å². The number of benzene rings is 1. The number of carbonyl (C=O) groups is 1. The number of nitrogens with one attached hydrogen (secondary N) is 1. The number of carboxylic acid groups (broad SMARTS) is 1. The summed E-state index contributed by atoms with van der Waals surface area (Å²) in [6.45, 7) is 0. The van der Waals surface area contributed by atoms with Crippen molar-refractivity contribution < 1.29 is 14.6 Å². The highest BCUT2D eigenvalue weighted by molar-refractivity contribution is 6.00. The van der Waals surface area contributed by atoms with Gasteiger partial charge in [-0.15, -0.1) is 0 Å². The highest BCUT2D eigenvalue weighted by Crippen LogP contribution is 2.30. The molecule has 1 heterocycles. The van der Waals surface area contributed by atoms with Crippen molar-refractivity contribution in [3.05, 3.63) is 29.8 Å². The second-order valence-corrected chi connectivity index (χ2v) is 5.37. The van der Waals surface area contributed by atoms with Crippen molar-refractivity contribution in [2.75, 3.05) is 7.11 Å². The first kappa shape index (κ1) is 13.0. The first-order valence-corrected chi connectivity index (χ1v) is 6.89. The van der Waals surface area contributed by atoms with E-state index < -0.39 is 5.97 Å². The van der Waals surface area contributed by atoms with Crippen molar-refractivity contribution in [2.24, 2.45) is 10.9 Å². The average Bonchev–Trinajstić information content (AvgIpc) is 2.90. The molecule has 3 atom stereocenters. The van der Waals surface area contributed by atoms with Gasteiger partial charge in [-0.25, -0.2) is 0 Å². The van der Waals surface area contributed by atoms with E-state index in [1.54, 1.807) is 7.11 Å². The van der Waals surface area contributed by atoms with Crippen LogP contribution in [0.3, 0.4) is 0 Å². The summed E-state index contributed by atoms with van der Waals surface area (Å²) >= 11 is 0. The van der Waals surface area contributed by atoms with E-state index in [4.69, 9.17) is 14.8 Å². The van der Waals surface area contributed by atoms with Gasteiger partial charge in [0, 0.05) is 5.56 Å². The molecule has 0 amide bonds. The smallest absolute Gasteiger partial charge is 0.306 e. The van der Waals surface area contributed by atoms with E-state index in [2.05, 4.69) is 5.32 Å². The zero-order valence-corrected chi connectivity index (χ0v) is 11.4. The lowest BCUT2D eigenvalue weighted by Crippen LogP contribution is -2.41. The number of methoxy groups -OCH3 is 1. The Morgan fingerprint density at radius 2 is 2.10 bits per heavy atom. The highest BCUT2D eigenvalue weighted by Gasteiger charge is 2.37. The maximum Gasteiger partial charge on any atom is 0.306 e. The minimum Gasteiger partial charge on any atom is -0.497 e. The molecule has 1 aliphatic heterocycles. The van der Waals surface area contributed by atoms with E-state index >= 15 is 0 Å². The van der Waals surface area contributed by atoms with E-state index in [-0.39, 0.29) is 18.0 Å². The number of rotatable bonds is 3. The van der Waals surface area contributed by atoms with Crippen molar-refractivity contribution >= 4 is 11.8 Å². The third kappa shape index (κ3) is 2.35. The standard InChI is InChI=1S/C15H18N2O3/c1-20-11-5-2-9(3-6-11)14-16-12-7-4-10(15(18)19)8-13(12)17-14/h2-3,5-6,10,12-13H,4,7-8H2,1H3,(H,16,17)(H,18,19). The molecular weight excluding hydrogens is 256 g/mol. The molecule has 0 radical (unpaired) electrons. The molecular formula is C15H18N2O3. The van der Waals surface area contributed by atoms with Crippen LogP contribution < -0.4 is 10.1 Å². The lowest BCUT2D eigenvalue weighted by atomic mass is 9.83. The molecule has 106 valence electrons. The Bertz CT molecular complexity index is 539. The Labute approximate surface area is 117 Å². The monoisotopic (exact) mass is 274 g/mol. The van der Waals surface area contributed by atoms with Crippen LogP contribution in [0.1, 0.15) is 24.8 Å². The molecule has 5 heteroatoms. The zero-order valence-electron chi connectivity index (χ0n) is 11.4. The van der Waals surface area contributed by atoms with Gasteiger partial charge in [0.25, 0.3) is 0 Å². The Morgan fingerprint density at radius 1 is 1.35 bits per heavy atom. The maximum absolute atomic E-state index is 11.1. The number of aliphatic imine (C=N–C) groups is 1. The molecule has 0 bridgehead atoms. The summed E-state index contributed by atoms with van der Waals surface area (Å²) in [6.07, 6.45) is 2.22. The number of carboxylic acids is 1. The van der Waals surface area contributed by atoms with Crippen LogP contribution in [0, 0.1) is 5.92 Å². The van der Waals surface area contributed by atoms with Crippen molar-refractivity contribution in [3.8, 4) is 5.75 Å². The van der Waals surface area contributed by atoms with Crippen LogP contribution >= 0.6 is 0 Å². The fourth-order valence-corrected chi connectivity index (χ4v) is 2.97. The summed E-state index contributed by atoms with van der Waals surface area (Å²) in [5.41, 5.74) is 1.02. The zero-order chi connectivity index (χ0) is 14.1. The second-order valence-electron chi connectivity index (χ2n) is 5.37. The molecule has 3 rings (SSSR count). The number of hydrogen-bond donors (Lipinski definition) is 2. The van der Waals surface area contributed by atoms with Gasteiger partial charge in [-0.05, 0) is 43.5 Å². The van der Waals surface area contributed by atoms with Crippen LogP contribution in [0.2, 0.25) is 0 Å². The summed E-state index contributed by atoms with van der Waals surface area (Å²) in [4.78, 5) is 15.8. The quantitative estimate of drug-likeness (QED) is 0.879. The number of fused-ring (bicyclic) bond motifs is 1. The van der Waals surface area contributed by atoms with Gasteiger partial charge in [0.2, 0.25) is 0 Å². The van der Waals surface area contributed by atoms with Crippen molar-refractivity contribution in [3.63, 3.8) is 0 Å². The van der Waals surface area contributed by atoms with Crippen molar-refractivity contribution in [1.82, 2.24) is 5.32 Å². The Kier molecular flexibility index (Phi) is 3.34. The van der Waals surface area contributed by atoms with Crippen LogP contribution in [0.15, 0.2) is 29.3 Å². The lowest BCUT2D eigenvalue weighted by Gasteiger charge is -2.28. The van der Waals surface area contributed by atoms with Gasteiger partial charge in [-0.2, -0.15) is 0 Å². The van der Waals surface area contributed by atoms with Gasteiger partial charge >= 0.3 is 5.97 Å². The molecule has 1 fully saturated rings. The normalized spacial score (nSPS) is 28.2. The van der Waals surface area contributed by atoms with Gasteiger partial charge in [-0.3, -0.25) is 9.79 Å².